The van der Waals surface area contributed by atoms with Gasteiger partial charge in [-0.2, -0.15) is 5.26 Å². The van der Waals surface area contributed by atoms with Crippen molar-refractivity contribution in [3.05, 3.63) is 64.8 Å². The fourth-order valence-corrected chi connectivity index (χ4v) is 5.14. The lowest BCUT2D eigenvalue weighted by Gasteiger charge is -2.29. The van der Waals surface area contributed by atoms with E-state index >= 15 is 0 Å². The number of nitrogens with one attached hydrogen (secondary N) is 2. The first-order valence-electron chi connectivity index (χ1n) is 14.1. The highest BCUT2D eigenvalue weighted by Gasteiger charge is 2.24. The standard InChI is InChI=1S/C30H35ClN6O4/c31-27-18-26(14-11-23(27)19-32)41-25-15-12-24(13-16-25)33-30(39)22-9-7-21(8-10-22)28-20-37(36-34-28)17-5-3-1-2-4-6-29(38)35-40/h7-11,14,18,20,24-25,40H,1-6,12-13,15-17H2,(H,33,39)(H,35,38). The highest BCUT2D eigenvalue weighted by molar-refractivity contribution is 6.31. The number of hydrogen-bond donors (Lipinski definition) is 3. The monoisotopic (exact) mass is 578 g/mol. The predicted molar refractivity (Wildman–Crippen MR) is 153 cm³/mol. The Kier molecular flexibility index (Phi) is 11.1. The number of nitriles is 1. The molecule has 0 spiro atoms. The highest BCUT2D eigenvalue weighted by atomic mass is 35.5. The Bertz CT molecular complexity index is 1350. The van der Waals surface area contributed by atoms with Crippen LogP contribution in [0, 0.1) is 11.3 Å². The van der Waals surface area contributed by atoms with Gasteiger partial charge in [0.25, 0.3) is 5.91 Å². The number of nitrogens with zero attached hydrogens (tertiary/aromatic N) is 4. The Balaban J connectivity index is 1.17. The van der Waals surface area contributed by atoms with Crippen molar-refractivity contribution in [1.82, 2.24) is 25.8 Å². The number of ether oxygens (including phenoxy) is 1. The summed E-state index contributed by atoms with van der Waals surface area (Å²) >= 11 is 6.11. The fraction of sp³-hybridized carbons (Fsp3) is 0.433. The molecule has 1 heterocycles. The molecule has 2 amide bonds. The van der Waals surface area contributed by atoms with E-state index in [9.17, 15) is 9.59 Å². The second kappa shape index (κ2) is 15.2. The average molecular weight is 579 g/mol. The summed E-state index contributed by atoms with van der Waals surface area (Å²) in [7, 11) is 0. The third-order valence-corrected chi connectivity index (χ3v) is 7.58. The molecule has 0 aliphatic heterocycles. The largest absolute Gasteiger partial charge is 0.490 e. The van der Waals surface area contributed by atoms with Gasteiger partial charge in [-0.1, -0.05) is 48.2 Å². The summed E-state index contributed by atoms with van der Waals surface area (Å²) in [5.74, 6) is 0.215. The number of hydroxylamine groups is 1. The number of amides is 2. The van der Waals surface area contributed by atoms with E-state index in [4.69, 9.17) is 26.8 Å². The van der Waals surface area contributed by atoms with Crippen molar-refractivity contribution < 1.29 is 19.5 Å². The molecular weight excluding hydrogens is 544 g/mol. The minimum atomic E-state index is -0.341. The minimum Gasteiger partial charge on any atom is -0.490 e. The second-order valence-corrected chi connectivity index (χ2v) is 10.7. The fourth-order valence-electron chi connectivity index (χ4n) is 4.92. The van der Waals surface area contributed by atoms with Gasteiger partial charge in [0, 0.05) is 36.2 Å². The molecule has 4 rings (SSSR count). The summed E-state index contributed by atoms with van der Waals surface area (Å²) in [5, 5.41) is 29.5. The molecule has 3 aromatic rings. The number of rotatable bonds is 13. The van der Waals surface area contributed by atoms with Crippen LogP contribution in [0.4, 0.5) is 0 Å². The minimum absolute atomic E-state index is 0.0481. The van der Waals surface area contributed by atoms with Crippen molar-refractivity contribution in [2.75, 3.05) is 0 Å². The first kappa shape index (κ1) is 30.0. The third-order valence-electron chi connectivity index (χ3n) is 7.27. The number of unbranched alkanes of at least 4 members (excludes halogenated alkanes) is 4. The molecule has 1 saturated carbocycles. The molecule has 0 unspecified atom stereocenters. The van der Waals surface area contributed by atoms with Gasteiger partial charge >= 0.3 is 0 Å². The predicted octanol–water partition coefficient (Wildman–Crippen LogP) is 5.44. The van der Waals surface area contributed by atoms with Crippen LogP contribution in [0.15, 0.2) is 48.7 Å². The Morgan fingerprint density at radius 2 is 1.78 bits per heavy atom. The Morgan fingerprint density at radius 3 is 2.49 bits per heavy atom. The molecule has 0 atom stereocenters. The molecular formula is C30H35ClN6O4. The smallest absolute Gasteiger partial charge is 0.251 e. The molecule has 0 bridgehead atoms. The lowest BCUT2D eigenvalue weighted by Crippen LogP contribution is -2.39. The van der Waals surface area contributed by atoms with Gasteiger partial charge in [-0.25, -0.2) is 5.48 Å². The first-order chi connectivity index (χ1) is 19.9. The van der Waals surface area contributed by atoms with Crippen molar-refractivity contribution in [2.45, 2.75) is 82.9 Å². The molecule has 0 saturated heterocycles. The van der Waals surface area contributed by atoms with Crippen LogP contribution in [0.1, 0.15) is 80.1 Å². The van der Waals surface area contributed by atoms with Crippen LogP contribution in [0.25, 0.3) is 11.3 Å². The maximum atomic E-state index is 12.9. The average Bonchev–Trinajstić information content (AvgIpc) is 3.46. The van der Waals surface area contributed by atoms with E-state index in [1.807, 2.05) is 41.2 Å². The molecule has 11 heteroatoms. The molecule has 3 N–H and O–H groups in total. The Hall–Kier alpha value is -3.94. The van der Waals surface area contributed by atoms with Crippen LogP contribution in [0.2, 0.25) is 5.02 Å². The van der Waals surface area contributed by atoms with E-state index in [0.717, 1.165) is 75.6 Å². The van der Waals surface area contributed by atoms with Crippen LogP contribution >= 0.6 is 11.6 Å². The van der Waals surface area contributed by atoms with Crippen molar-refractivity contribution >= 4 is 23.4 Å². The summed E-state index contributed by atoms with van der Waals surface area (Å²) in [6.45, 7) is 0.763. The second-order valence-electron chi connectivity index (χ2n) is 10.3. The van der Waals surface area contributed by atoms with Gasteiger partial charge in [0.15, 0.2) is 0 Å². The molecule has 0 radical (unpaired) electrons. The van der Waals surface area contributed by atoms with E-state index < -0.39 is 0 Å². The lowest BCUT2D eigenvalue weighted by molar-refractivity contribution is -0.129. The summed E-state index contributed by atoms with van der Waals surface area (Å²) < 4.78 is 7.87. The SMILES string of the molecule is N#Cc1ccc(OC2CCC(NC(=O)c3ccc(-c4cn(CCCCCCCC(=O)NO)nn4)cc3)CC2)cc1Cl. The van der Waals surface area contributed by atoms with Crippen molar-refractivity contribution in [3.8, 4) is 23.1 Å². The van der Waals surface area contributed by atoms with Gasteiger partial charge in [-0.3, -0.25) is 19.5 Å². The van der Waals surface area contributed by atoms with Gasteiger partial charge in [-0.05, 0) is 62.8 Å². The number of carbonyl (C=O) groups is 2. The van der Waals surface area contributed by atoms with E-state index in [1.54, 1.807) is 23.7 Å². The lowest BCUT2D eigenvalue weighted by atomic mass is 9.92. The van der Waals surface area contributed by atoms with Gasteiger partial charge in [0.2, 0.25) is 5.91 Å². The molecule has 41 heavy (non-hydrogen) atoms. The quantitative estimate of drug-likeness (QED) is 0.139. The van der Waals surface area contributed by atoms with Crippen LogP contribution in [-0.2, 0) is 11.3 Å². The molecule has 2 aromatic carbocycles. The zero-order valence-electron chi connectivity index (χ0n) is 22.9. The van der Waals surface area contributed by atoms with E-state index in [1.165, 1.54) is 0 Å². The Labute approximate surface area is 244 Å². The van der Waals surface area contributed by atoms with Crippen LogP contribution in [0.3, 0.4) is 0 Å². The van der Waals surface area contributed by atoms with Crippen LogP contribution in [0.5, 0.6) is 5.75 Å². The third kappa shape index (κ3) is 9.03. The van der Waals surface area contributed by atoms with Gasteiger partial charge in [0.1, 0.15) is 17.5 Å². The number of halogens is 1. The number of aryl methyl sites for hydroxylation is 1. The molecule has 10 nitrogen and oxygen atoms in total. The molecule has 1 fully saturated rings. The van der Waals surface area contributed by atoms with Gasteiger partial charge < -0.3 is 10.1 Å². The van der Waals surface area contributed by atoms with Crippen molar-refractivity contribution in [2.24, 2.45) is 0 Å². The summed E-state index contributed by atoms with van der Waals surface area (Å²) in [4.78, 5) is 23.9. The zero-order chi connectivity index (χ0) is 29.0. The number of carbonyl (C=O) groups excluding carboxylic acids is 2. The van der Waals surface area contributed by atoms with Crippen LogP contribution in [-0.4, -0.2) is 44.2 Å². The molecule has 1 aliphatic rings. The number of benzene rings is 2. The first-order valence-corrected chi connectivity index (χ1v) is 14.4. The molecule has 1 aliphatic carbocycles. The molecule has 216 valence electrons. The number of hydrogen-bond acceptors (Lipinski definition) is 7. The van der Waals surface area contributed by atoms with E-state index in [-0.39, 0.29) is 24.0 Å². The summed E-state index contributed by atoms with van der Waals surface area (Å²) in [5.41, 5.74) is 4.33. The molecule has 1 aromatic heterocycles. The van der Waals surface area contributed by atoms with E-state index in [2.05, 4.69) is 15.6 Å². The van der Waals surface area contributed by atoms with E-state index in [0.29, 0.717) is 28.3 Å². The number of aromatic nitrogens is 3. The van der Waals surface area contributed by atoms with Crippen molar-refractivity contribution in [3.63, 3.8) is 0 Å². The Morgan fingerprint density at radius 1 is 1.05 bits per heavy atom. The van der Waals surface area contributed by atoms with Gasteiger partial charge in [-0.15, -0.1) is 5.10 Å². The zero-order valence-corrected chi connectivity index (χ0v) is 23.6. The van der Waals surface area contributed by atoms with Crippen LogP contribution < -0.4 is 15.5 Å². The van der Waals surface area contributed by atoms with Gasteiger partial charge in [0.05, 0.1) is 22.9 Å². The maximum Gasteiger partial charge on any atom is 0.251 e. The highest BCUT2D eigenvalue weighted by Crippen LogP contribution is 2.27. The topological polar surface area (TPSA) is 142 Å². The van der Waals surface area contributed by atoms with Crippen molar-refractivity contribution in [1.29, 1.82) is 5.26 Å². The summed E-state index contributed by atoms with van der Waals surface area (Å²) in [6.07, 6.45) is 10.3. The maximum absolute atomic E-state index is 12.9. The normalized spacial score (nSPS) is 16.5. The summed E-state index contributed by atoms with van der Waals surface area (Å²) in [6, 6.07) is 14.6.